The zero-order valence-electron chi connectivity index (χ0n) is 5.71. The Hall–Kier alpha value is -0.345. The first-order valence-electron chi connectivity index (χ1n) is 3.35. The number of hydrogen-bond acceptors (Lipinski definition) is 3. The molecule has 10 heavy (non-hydrogen) atoms. The van der Waals surface area contributed by atoms with E-state index < -0.39 is 17.3 Å². The summed E-state index contributed by atoms with van der Waals surface area (Å²) >= 11 is 0. The summed E-state index contributed by atoms with van der Waals surface area (Å²) in [4.78, 5) is 10.9. The predicted molar refractivity (Wildman–Crippen MR) is 37.5 cm³/mol. The van der Waals surface area contributed by atoms with Gasteiger partial charge in [-0.1, -0.05) is 0 Å². The number of carbonyl (C=O) groups excluding carboxylic acids is 1. The zero-order valence-corrected chi connectivity index (χ0v) is 5.71. The molecule has 54 valence electrons. The summed E-state index contributed by atoms with van der Waals surface area (Å²) in [6, 6.07) is -0.566. The first kappa shape index (κ1) is 7.76. The maximum absolute atomic E-state index is 10.9. The number of Topliss-reactive ketones (excluding diaryl/α,β-unsaturated/α-hetero) is 1. The van der Waals surface area contributed by atoms with Crippen LogP contribution < -0.4 is 5.73 Å². The molecule has 2 atom stereocenters. The third-order valence-corrected chi connectivity index (χ3v) is 1.84. The van der Waals surface area contributed by atoms with Gasteiger partial charge in [0.2, 0.25) is 0 Å². The molecule has 1 aliphatic rings. The van der Waals surface area contributed by atoms with Crippen LogP contribution in [0.4, 0.5) is 0 Å². The monoisotopic (exact) mass is 139 g/mol. The maximum Gasteiger partial charge on any atom is 0.171 e. The highest BCUT2D eigenvalue weighted by Crippen LogP contribution is 2.20. The molecule has 1 saturated carbocycles. The van der Waals surface area contributed by atoms with Gasteiger partial charge in [0.1, 0.15) is 7.85 Å². The molecular formula is C6H10BNO2. The van der Waals surface area contributed by atoms with E-state index >= 15 is 0 Å². The summed E-state index contributed by atoms with van der Waals surface area (Å²) in [6.45, 7) is 0. The molecule has 0 amide bonds. The Morgan fingerprint density at radius 2 is 2.40 bits per heavy atom. The number of ketones is 1. The SMILES string of the molecule is [B][C@@]1(O)CCC[C@@H](N)C1=O. The molecular weight excluding hydrogens is 129 g/mol. The van der Waals surface area contributed by atoms with E-state index in [4.69, 9.17) is 18.7 Å². The van der Waals surface area contributed by atoms with Crippen molar-refractivity contribution in [3.05, 3.63) is 0 Å². The van der Waals surface area contributed by atoms with Crippen molar-refractivity contribution in [1.29, 1.82) is 0 Å². The highest BCUT2D eigenvalue weighted by Gasteiger charge is 2.36. The van der Waals surface area contributed by atoms with E-state index in [9.17, 15) is 4.79 Å². The third-order valence-electron chi connectivity index (χ3n) is 1.84. The van der Waals surface area contributed by atoms with Gasteiger partial charge in [-0.2, -0.15) is 0 Å². The second-order valence-corrected chi connectivity index (χ2v) is 2.79. The largest absolute Gasteiger partial charge is 0.392 e. The Kier molecular flexibility index (Phi) is 1.83. The lowest BCUT2D eigenvalue weighted by Crippen LogP contribution is -2.52. The summed E-state index contributed by atoms with van der Waals surface area (Å²) in [5.41, 5.74) is 3.71. The number of aliphatic hydroxyl groups is 1. The molecule has 1 fully saturated rings. The molecule has 0 aromatic rings. The molecule has 0 spiro atoms. The van der Waals surface area contributed by atoms with E-state index in [1.165, 1.54) is 0 Å². The number of carbonyl (C=O) groups is 1. The lowest BCUT2D eigenvalue weighted by atomic mass is 9.68. The average Bonchev–Trinajstić information content (AvgIpc) is 1.83. The molecule has 2 radical (unpaired) electrons. The van der Waals surface area contributed by atoms with Gasteiger partial charge in [-0.05, 0) is 19.3 Å². The van der Waals surface area contributed by atoms with Crippen LogP contribution in [0.5, 0.6) is 0 Å². The molecule has 0 aromatic heterocycles. The number of hydrogen-bond donors (Lipinski definition) is 2. The molecule has 1 rings (SSSR count). The topological polar surface area (TPSA) is 63.3 Å². The molecule has 0 unspecified atom stereocenters. The van der Waals surface area contributed by atoms with Crippen LogP contribution in [0.1, 0.15) is 19.3 Å². The highest BCUT2D eigenvalue weighted by molar-refractivity contribution is 6.28. The van der Waals surface area contributed by atoms with Crippen LogP contribution in [0.25, 0.3) is 0 Å². The van der Waals surface area contributed by atoms with E-state index in [2.05, 4.69) is 0 Å². The minimum absolute atomic E-state index is 0.333. The lowest BCUT2D eigenvalue weighted by Gasteiger charge is -2.30. The smallest absolute Gasteiger partial charge is 0.171 e. The molecule has 3 nitrogen and oxygen atoms in total. The third kappa shape index (κ3) is 1.22. The Labute approximate surface area is 61.0 Å². The van der Waals surface area contributed by atoms with Gasteiger partial charge >= 0.3 is 0 Å². The van der Waals surface area contributed by atoms with Crippen molar-refractivity contribution in [2.45, 2.75) is 30.8 Å². The summed E-state index contributed by atoms with van der Waals surface area (Å²) in [6.07, 6.45) is 1.69. The van der Waals surface area contributed by atoms with Gasteiger partial charge < -0.3 is 10.8 Å². The minimum Gasteiger partial charge on any atom is -0.392 e. The Balaban J connectivity index is 2.70. The minimum atomic E-state index is -1.66. The fraction of sp³-hybridized carbons (Fsp3) is 0.833. The quantitative estimate of drug-likeness (QED) is 0.419. The van der Waals surface area contributed by atoms with Crippen LogP contribution in [0.15, 0.2) is 0 Å². The van der Waals surface area contributed by atoms with E-state index in [1.54, 1.807) is 0 Å². The number of nitrogens with two attached hydrogens (primary N) is 1. The zero-order chi connectivity index (χ0) is 7.78. The molecule has 0 aromatic carbocycles. The van der Waals surface area contributed by atoms with Crippen LogP contribution in [-0.2, 0) is 4.79 Å². The van der Waals surface area contributed by atoms with Crippen LogP contribution in [0, 0.1) is 0 Å². The maximum atomic E-state index is 10.9. The molecule has 0 saturated heterocycles. The molecule has 0 heterocycles. The van der Waals surface area contributed by atoms with Crippen LogP contribution >= 0.6 is 0 Å². The molecule has 0 bridgehead atoms. The van der Waals surface area contributed by atoms with Gasteiger partial charge in [0.05, 0.1) is 11.5 Å². The van der Waals surface area contributed by atoms with E-state index in [-0.39, 0.29) is 0 Å². The highest BCUT2D eigenvalue weighted by atomic mass is 16.3. The van der Waals surface area contributed by atoms with Crippen molar-refractivity contribution < 1.29 is 9.90 Å². The van der Waals surface area contributed by atoms with Crippen molar-refractivity contribution in [2.24, 2.45) is 5.73 Å². The molecule has 1 aliphatic carbocycles. The lowest BCUT2D eigenvalue weighted by molar-refractivity contribution is -0.134. The van der Waals surface area contributed by atoms with Gasteiger partial charge in [0.15, 0.2) is 5.78 Å². The Morgan fingerprint density at radius 3 is 2.80 bits per heavy atom. The van der Waals surface area contributed by atoms with Crippen LogP contribution in [0.2, 0.25) is 0 Å². The molecule has 3 N–H and O–H groups in total. The summed E-state index contributed by atoms with van der Waals surface area (Å²) in [7, 11) is 5.24. The first-order valence-corrected chi connectivity index (χ1v) is 3.35. The second-order valence-electron chi connectivity index (χ2n) is 2.79. The Bertz CT molecular complexity index is 158. The second kappa shape index (κ2) is 2.36. The summed E-state index contributed by atoms with van der Waals surface area (Å²) in [5, 5.41) is 9.16. The van der Waals surface area contributed by atoms with Crippen molar-refractivity contribution in [3.8, 4) is 0 Å². The van der Waals surface area contributed by atoms with Gasteiger partial charge in [-0.25, -0.2) is 0 Å². The first-order chi connectivity index (χ1) is 4.54. The van der Waals surface area contributed by atoms with Crippen molar-refractivity contribution in [3.63, 3.8) is 0 Å². The van der Waals surface area contributed by atoms with Crippen LogP contribution in [-0.4, -0.2) is 30.3 Å². The normalized spacial score (nSPS) is 41.8. The van der Waals surface area contributed by atoms with Gasteiger partial charge in [0, 0.05) is 0 Å². The standard InChI is InChI=1S/C6H10BNO2/c7-6(10)3-1-2-4(8)5(6)9/h4,10H,1-3,8H2/t4-,6-/m1/s1. The molecule has 0 aliphatic heterocycles. The summed E-state index contributed by atoms with van der Waals surface area (Å²) in [5.74, 6) is -0.432. The van der Waals surface area contributed by atoms with E-state index in [1.807, 2.05) is 0 Å². The summed E-state index contributed by atoms with van der Waals surface area (Å²) < 4.78 is 0. The van der Waals surface area contributed by atoms with Gasteiger partial charge in [-0.3, -0.25) is 4.79 Å². The average molecular weight is 139 g/mol. The predicted octanol–water partition coefficient (Wildman–Crippen LogP) is -1.08. The van der Waals surface area contributed by atoms with Crippen molar-refractivity contribution >= 4 is 13.6 Å². The fourth-order valence-corrected chi connectivity index (χ4v) is 1.17. The van der Waals surface area contributed by atoms with Gasteiger partial charge in [0.25, 0.3) is 0 Å². The van der Waals surface area contributed by atoms with Crippen molar-refractivity contribution in [2.75, 3.05) is 0 Å². The fourth-order valence-electron chi connectivity index (χ4n) is 1.17. The van der Waals surface area contributed by atoms with Crippen LogP contribution in [0.3, 0.4) is 0 Å². The molecule has 4 heteroatoms. The van der Waals surface area contributed by atoms with Crippen molar-refractivity contribution in [1.82, 2.24) is 0 Å². The number of rotatable bonds is 0. The van der Waals surface area contributed by atoms with E-state index in [0.29, 0.717) is 12.8 Å². The Morgan fingerprint density at radius 1 is 1.80 bits per heavy atom. The van der Waals surface area contributed by atoms with Gasteiger partial charge in [-0.15, -0.1) is 0 Å². The van der Waals surface area contributed by atoms with E-state index in [0.717, 1.165) is 6.42 Å².